The van der Waals surface area contributed by atoms with Crippen molar-refractivity contribution in [2.45, 2.75) is 44.7 Å². The number of nitrogens with one attached hydrogen (secondary N) is 2. The summed E-state index contributed by atoms with van der Waals surface area (Å²) in [4.78, 5) is 42.8. The maximum absolute atomic E-state index is 13.7. The molecule has 3 aromatic rings. The maximum atomic E-state index is 13.7. The van der Waals surface area contributed by atoms with Crippen LogP contribution < -0.4 is 20.1 Å². The highest BCUT2D eigenvalue weighted by Gasteiger charge is 2.32. The summed E-state index contributed by atoms with van der Waals surface area (Å²) in [5, 5.41) is 16.3. The Morgan fingerprint density at radius 1 is 1.00 bits per heavy atom. The monoisotopic (exact) mass is 583 g/mol. The van der Waals surface area contributed by atoms with Gasteiger partial charge in [-0.1, -0.05) is 48.5 Å². The normalized spacial score (nSPS) is 15.4. The summed E-state index contributed by atoms with van der Waals surface area (Å²) in [5.74, 6) is 0.313. The predicted molar refractivity (Wildman–Crippen MR) is 161 cm³/mol. The lowest BCUT2D eigenvalue weighted by molar-refractivity contribution is -0.139. The van der Waals surface area contributed by atoms with Gasteiger partial charge in [-0.05, 0) is 53.8 Å². The van der Waals surface area contributed by atoms with Crippen molar-refractivity contribution in [2.24, 2.45) is 0 Å². The van der Waals surface area contributed by atoms with Crippen LogP contribution in [-0.2, 0) is 20.8 Å². The minimum atomic E-state index is -0.402. The second kappa shape index (κ2) is 14.0. The molecule has 0 saturated carbocycles. The fraction of sp³-hybridized carbons (Fsp3) is 0.394. The van der Waals surface area contributed by atoms with Crippen molar-refractivity contribution in [1.29, 1.82) is 5.26 Å². The highest BCUT2D eigenvalue weighted by atomic mass is 16.7. The average molecular weight is 584 g/mol. The third-order valence-electron chi connectivity index (χ3n) is 8.19. The van der Waals surface area contributed by atoms with Crippen molar-refractivity contribution < 1.29 is 23.9 Å². The van der Waals surface area contributed by atoms with Crippen molar-refractivity contribution in [3.8, 4) is 17.6 Å². The number of piperidine rings is 1. The Morgan fingerprint density at radius 2 is 1.77 bits per heavy atom. The van der Waals surface area contributed by atoms with Gasteiger partial charge in [0.2, 0.25) is 24.5 Å². The Hall–Kier alpha value is -4.62. The molecule has 2 N–H and O–H groups in total. The first-order valence-corrected chi connectivity index (χ1v) is 14.7. The number of carbonyl (C=O) groups excluding carboxylic acids is 3. The van der Waals surface area contributed by atoms with Gasteiger partial charge in [-0.2, -0.15) is 5.26 Å². The third-order valence-corrected chi connectivity index (χ3v) is 8.19. The molecule has 0 spiro atoms. The lowest BCUT2D eigenvalue weighted by Crippen LogP contribution is -2.52. The Labute approximate surface area is 251 Å². The number of ether oxygens (including phenoxy) is 2. The van der Waals surface area contributed by atoms with Crippen LogP contribution in [0.25, 0.3) is 10.8 Å². The van der Waals surface area contributed by atoms with Gasteiger partial charge in [0.25, 0.3) is 0 Å². The lowest BCUT2D eigenvalue weighted by atomic mass is 9.95. The Kier molecular flexibility index (Phi) is 9.74. The van der Waals surface area contributed by atoms with Crippen molar-refractivity contribution in [3.63, 3.8) is 0 Å². The van der Waals surface area contributed by atoms with E-state index < -0.39 is 5.91 Å². The van der Waals surface area contributed by atoms with Gasteiger partial charge >= 0.3 is 0 Å². The van der Waals surface area contributed by atoms with Crippen molar-refractivity contribution in [2.75, 3.05) is 39.5 Å². The number of benzene rings is 3. The zero-order valence-corrected chi connectivity index (χ0v) is 24.4. The molecule has 1 unspecified atom stereocenters. The highest BCUT2D eigenvalue weighted by Crippen LogP contribution is 2.33. The van der Waals surface area contributed by atoms with Gasteiger partial charge in [0.1, 0.15) is 0 Å². The van der Waals surface area contributed by atoms with E-state index in [1.54, 1.807) is 17.0 Å². The molecule has 3 aromatic carbocycles. The number of fused-ring (bicyclic) bond motifs is 2. The summed E-state index contributed by atoms with van der Waals surface area (Å²) in [6.45, 7) is 3.81. The Bertz CT molecular complexity index is 1510. The summed E-state index contributed by atoms with van der Waals surface area (Å²) >= 11 is 0. The van der Waals surface area contributed by atoms with Crippen LogP contribution in [0.15, 0.2) is 60.7 Å². The Morgan fingerprint density at radius 3 is 2.58 bits per heavy atom. The molecule has 0 aromatic heterocycles. The second-order valence-electron chi connectivity index (χ2n) is 10.9. The van der Waals surface area contributed by atoms with E-state index in [1.807, 2.05) is 12.1 Å². The van der Waals surface area contributed by atoms with Gasteiger partial charge < -0.3 is 25.0 Å². The number of amides is 3. The van der Waals surface area contributed by atoms with Crippen LogP contribution in [0.1, 0.15) is 43.4 Å². The van der Waals surface area contributed by atoms with Crippen LogP contribution in [-0.4, -0.2) is 73.1 Å². The summed E-state index contributed by atoms with van der Waals surface area (Å²) in [7, 11) is 0. The van der Waals surface area contributed by atoms with Crippen LogP contribution in [0.2, 0.25) is 0 Å². The summed E-state index contributed by atoms with van der Waals surface area (Å²) in [6.07, 6.45) is 1.76. The molecule has 2 aliphatic heterocycles. The molecule has 0 radical (unpaired) electrons. The molecular weight excluding hydrogens is 546 g/mol. The molecule has 0 bridgehead atoms. The standard InChI is InChI=1S/C33H37N5O5/c1-23(27-9-4-7-25-6-2-3-8-28(25)27)37-16-12-26(13-17-37)38(21-32(40)36-20-31(39)35-15-5-14-34)33(41)19-24-10-11-29-30(18-24)43-22-42-29/h2-4,6-11,18,23,26H,5,12-13,15-17,19-22H2,1H3,(H,35,39)(H,36,40). The first kappa shape index (κ1) is 29.9. The molecule has 2 aliphatic rings. The molecule has 1 saturated heterocycles. The van der Waals surface area contributed by atoms with E-state index in [4.69, 9.17) is 14.7 Å². The fourth-order valence-corrected chi connectivity index (χ4v) is 5.85. The zero-order valence-electron chi connectivity index (χ0n) is 24.4. The van der Waals surface area contributed by atoms with Crippen LogP contribution in [0.3, 0.4) is 0 Å². The maximum Gasteiger partial charge on any atom is 0.240 e. The van der Waals surface area contributed by atoms with Crippen LogP contribution >= 0.6 is 0 Å². The smallest absolute Gasteiger partial charge is 0.240 e. The molecule has 1 atom stereocenters. The number of hydrogen-bond acceptors (Lipinski definition) is 7. The van der Waals surface area contributed by atoms with E-state index in [2.05, 4.69) is 64.9 Å². The van der Waals surface area contributed by atoms with Gasteiger partial charge in [-0.25, -0.2) is 0 Å². The van der Waals surface area contributed by atoms with Gasteiger partial charge in [0.05, 0.1) is 32.0 Å². The number of likely N-dealkylation sites (tertiary alicyclic amines) is 1. The molecule has 10 nitrogen and oxygen atoms in total. The average Bonchev–Trinajstić information content (AvgIpc) is 3.50. The Balaban J connectivity index is 1.25. The topological polar surface area (TPSA) is 124 Å². The minimum Gasteiger partial charge on any atom is -0.454 e. The molecule has 0 aliphatic carbocycles. The van der Waals surface area contributed by atoms with E-state index in [0.29, 0.717) is 11.5 Å². The summed E-state index contributed by atoms with van der Waals surface area (Å²) in [5.41, 5.74) is 2.05. The molecule has 2 heterocycles. The minimum absolute atomic E-state index is 0.116. The van der Waals surface area contributed by atoms with E-state index in [9.17, 15) is 14.4 Å². The lowest BCUT2D eigenvalue weighted by Gasteiger charge is -2.41. The van der Waals surface area contributed by atoms with Gasteiger partial charge in [0, 0.05) is 31.7 Å². The molecule has 10 heteroatoms. The molecule has 3 amide bonds. The molecule has 224 valence electrons. The van der Waals surface area contributed by atoms with E-state index in [-0.39, 0.29) is 63.2 Å². The zero-order chi connectivity index (χ0) is 30.2. The predicted octanol–water partition coefficient (Wildman–Crippen LogP) is 3.31. The largest absolute Gasteiger partial charge is 0.454 e. The van der Waals surface area contributed by atoms with Crippen molar-refractivity contribution in [3.05, 3.63) is 71.8 Å². The molecule has 5 rings (SSSR count). The summed E-state index contributed by atoms with van der Waals surface area (Å²) in [6, 6.07) is 22.3. The number of carbonyl (C=O) groups is 3. The van der Waals surface area contributed by atoms with E-state index in [1.165, 1.54) is 16.3 Å². The van der Waals surface area contributed by atoms with Gasteiger partial charge in [0.15, 0.2) is 11.5 Å². The third kappa shape index (κ3) is 7.43. The first-order valence-electron chi connectivity index (χ1n) is 14.7. The van der Waals surface area contributed by atoms with Crippen LogP contribution in [0, 0.1) is 11.3 Å². The molecule has 1 fully saturated rings. The summed E-state index contributed by atoms with van der Waals surface area (Å²) < 4.78 is 10.9. The fourth-order valence-electron chi connectivity index (χ4n) is 5.85. The van der Waals surface area contributed by atoms with Crippen LogP contribution in [0.4, 0.5) is 0 Å². The number of rotatable bonds is 11. The van der Waals surface area contributed by atoms with Crippen molar-refractivity contribution in [1.82, 2.24) is 20.4 Å². The highest BCUT2D eigenvalue weighted by molar-refractivity contribution is 5.89. The van der Waals surface area contributed by atoms with Crippen molar-refractivity contribution >= 4 is 28.5 Å². The quantitative estimate of drug-likeness (QED) is 0.332. The number of hydrogen-bond donors (Lipinski definition) is 2. The van der Waals surface area contributed by atoms with Gasteiger partial charge in [-0.15, -0.1) is 0 Å². The number of nitriles is 1. The molecular formula is C33H37N5O5. The van der Waals surface area contributed by atoms with E-state index in [0.717, 1.165) is 31.5 Å². The SMILES string of the molecule is CC(c1cccc2ccccc12)N1CCC(N(CC(=O)NCC(=O)NCCC#N)C(=O)Cc2ccc3c(c2)OCO3)CC1. The van der Waals surface area contributed by atoms with E-state index >= 15 is 0 Å². The van der Waals surface area contributed by atoms with Gasteiger partial charge in [-0.3, -0.25) is 19.3 Å². The van der Waals surface area contributed by atoms with Crippen LogP contribution in [0.5, 0.6) is 11.5 Å². The second-order valence-corrected chi connectivity index (χ2v) is 10.9. The number of nitrogens with zero attached hydrogens (tertiary/aromatic N) is 3. The molecule has 43 heavy (non-hydrogen) atoms. The first-order chi connectivity index (χ1) is 20.9.